The number of ether oxygens (including phenoxy) is 1. The fourth-order valence-electron chi connectivity index (χ4n) is 3.84. The lowest BCUT2D eigenvalue weighted by Crippen LogP contribution is -2.45. The van der Waals surface area contributed by atoms with Gasteiger partial charge in [-0.05, 0) is 59.7 Å². The number of hydrogen-bond acceptors (Lipinski definition) is 4. The average Bonchev–Trinajstić information content (AvgIpc) is 2.87. The minimum absolute atomic E-state index is 0.0731. The van der Waals surface area contributed by atoms with Gasteiger partial charge in [0.25, 0.3) is 0 Å². The van der Waals surface area contributed by atoms with E-state index in [9.17, 15) is 0 Å². The number of halogens is 1. The third-order valence-electron chi connectivity index (χ3n) is 4.85. The van der Waals surface area contributed by atoms with Crippen LogP contribution in [0.3, 0.4) is 0 Å². The minimum atomic E-state index is 0.0731. The highest BCUT2D eigenvalue weighted by atomic mass is 79.9. The molecule has 112 valence electrons. The van der Waals surface area contributed by atoms with Crippen LogP contribution in [-0.2, 0) is 4.74 Å². The maximum absolute atomic E-state index is 6.16. The Bertz CT molecular complexity index is 437. The van der Waals surface area contributed by atoms with Gasteiger partial charge in [0, 0.05) is 6.61 Å². The van der Waals surface area contributed by atoms with Crippen molar-refractivity contribution in [1.82, 2.24) is 5.43 Å². The van der Waals surface area contributed by atoms with Gasteiger partial charge in [0.2, 0.25) is 0 Å². The number of hydrogen-bond donors (Lipinski definition) is 2. The topological polar surface area (TPSA) is 60.4 Å². The second-order valence-electron chi connectivity index (χ2n) is 6.13. The third kappa shape index (κ3) is 2.96. The predicted molar refractivity (Wildman–Crippen MR) is 81.0 cm³/mol. The van der Waals surface area contributed by atoms with Crippen LogP contribution in [0.25, 0.3) is 0 Å². The van der Waals surface area contributed by atoms with Crippen LogP contribution in [0, 0.1) is 5.92 Å². The van der Waals surface area contributed by atoms with E-state index in [2.05, 4.69) is 21.4 Å². The van der Waals surface area contributed by atoms with E-state index in [0.29, 0.717) is 5.92 Å². The molecule has 0 radical (unpaired) electrons. The van der Waals surface area contributed by atoms with E-state index in [-0.39, 0.29) is 11.6 Å². The normalized spacial score (nSPS) is 27.6. The van der Waals surface area contributed by atoms with Crippen LogP contribution in [0.4, 0.5) is 0 Å². The third-order valence-corrected chi connectivity index (χ3v) is 5.27. The van der Waals surface area contributed by atoms with Crippen molar-refractivity contribution >= 4 is 15.9 Å². The lowest BCUT2D eigenvalue weighted by Gasteiger charge is -2.45. The van der Waals surface area contributed by atoms with Gasteiger partial charge in [-0.15, -0.1) is 0 Å². The molecule has 1 aromatic rings. The van der Waals surface area contributed by atoms with Crippen LogP contribution < -0.4 is 11.3 Å². The summed E-state index contributed by atoms with van der Waals surface area (Å²) < 4.78 is 12.6. The smallest absolute Gasteiger partial charge is 0.169 e. The fourth-order valence-corrected chi connectivity index (χ4v) is 4.16. The van der Waals surface area contributed by atoms with Gasteiger partial charge in [-0.2, -0.15) is 0 Å². The first-order valence-corrected chi connectivity index (χ1v) is 8.37. The van der Waals surface area contributed by atoms with Gasteiger partial charge in [0.1, 0.15) is 5.76 Å². The van der Waals surface area contributed by atoms with Gasteiger partial charge in [0.05, 0.1) is 11.6 Å². The minimum Gasteiger partial charge on any atom is -0.453 e. The van der Waals surface area contributed by atoms with Crippen LogP contribution in [0.2, 0.25) is 0 Å². The summed E-state index contributed by atoms with van der Waals surface area (Å²) in [5.74, 6) is 7.19. The summed E-state index contributed by atoms with van der Waals surface area (Å²) in [6, 6.07) is 4.00. The molecule has 20 heavy (non-hydrogen) atoms. The molecule has 0 aromatic carbocycles. The van der Waals surface area contributed by atoms with Crippen LogP contribution in [0.5, 0.6) is 0 Å². The molecule has 4 nitrogen and oxygen atoms in total. The van der Waals surface area contributed by atoms with Gasteiger partial charge < -0.3 is 9.15 Å². The molecule has 2 atom stereocenters. The standard InChI is InChI=1S/C15H23BrN2O2/c16-13-5-4-12(20-13)14(18-17)11-6-9-19-15(10-11)7-2-1-3-8-15/h4-5,11,14,18H,1-3,6-10,17H2. The Balaban J connectivity index is 1.74. The molecule has 1 aliphatic carbocycles. The van der Waals surface area contributed by atoms with Crippen molar-refractivity contribution in [1.29, 1.82) is 0 Å². The van der Waals surface area contributed by atoms with Crippen molar-refractivity contribution in [2.45, 2.75) is 56.6 Å². The number of nitrogens with one attached hydrogen (secondary N) is 1. The highest BCUT2D eigenvalue weighted by Gasteiger charge is 2.41. The Hall–Kier alpha value is -0.360. The van der Waals surface area contributed by atoms with Crippen molar-refractivity contribution in [3.63, 3.8) is 0 Å². The van der Waals surface area contributed by atoms with Crippen LogP contribution in [0.1, 0.15) is 56.7 Å². The lowest BCUT2D eigenvalue weighted by atomic mass is 9.74. The molecule has 0 amide bonds. The van der Waals surface area contributed by atoms with Gasteiger partial charge in [-0.1, -0.05) is 19.3 Å². The number of nitrogens with two attached hydrogens (primary N) is 1. The van der Waals surface area contributed by atoms with Crippen molar-refractivity contribution in [2.24, 2.45) is 11.8 Å². The average molecular weight is 343 g/mol. The first-order chi connectivity index (χ1) is 9.72. The summed E-state index contributed by atoms with van der Waals surface area (Å²) in [7, 11) is 0. The monoisotopic (exact) mass is 342 g/mol. The van der Waals surface area contributed by atoms with E-state index in [1.54, 1.807) is 0 Å². The fraction of sp³-hybridized carbons (Fsp3) is 0.733. The van der Waals surface area contributed by atoms with Crippen molar-refractivity contribution in [3.8, 4) is 0 Å². The molecule has 1 saturated heterocycles. The van der Waals surface area contributed by atoms with Crippen molar-refractivity contribution in [2.75, 3.05) is 6.61 Å². The molecule has 2 fully saturated rings. The molecular formula is C15H23BrN2O2. The first-order valence-electron chi connectivity index (χ1n) is 7.58. The summed E-state index contributed by atoms with van der Waals surface area (Å²) in [5.41, 5.74) is 3.05. The van der Waals surface area contributed by atoms with Gasteiger partial charge in [-0.25, -0.2) is 5.43 Å². The zero-order valence-corrected chi connectivity index (χ0v) is 13.3. The summed E-state index contributed by atoms with van der Waals surface area (Å²) >= 11 is 3.36. The first kappa shape index (κ1) is 14.6. The molecule has 3 rings (SSSR count). The number of rotatable bonds is 3. The van der Waals surface area contributed by atoms with Crippen LogP contribution in [-0.4, -0.2) is 12.2 Å². The van der Waals surface area contributed by atoms with Gasteiger partial charge >= 0.3 is 0 Å². The molecule has 1 saturated carbocycles. The zero-order valence-electron chi connectivity index (χ0n) is 11.7. The summed E-state index contributed by atoms with van der Waals surface area (Å²) in [6.45, 7) is 0.838. The SMILES string of the molecule is NNC(c1ccc(Br)o1)C1CCOC2(CCCCC2)C1. The highest BCUT2D eigenvalue weighted by molar-refractivity contribution is 9.10. The Morgan fingerprint density at radius 1 is 1.30 bits per heavy atom. The Morgan fingerprint density at radius 3 is 2.75 bits per heavy atom. The molecule has 1 spiro atoms. The summed E-state index contributed by atoms with van der Waals surface area (Å²) in [4.78, 5) is 0. The molecular weight excluding hydrogens is 320 g/mol. The van der Waals surface area contributed by atoms with E-state index in [4.69, 9.17) is 15.0 Å². The Labute approximate surface area is 128 Å². The number of furan rings is 1. The molecule has 5 heteroatoms. The second-order valence-corrected chi connectivity index (χ2v) is 6.91. The Morgan fingerprint density at radius 2 is 2.10 bits per heavy atom. The van der Waals surface area contributed by atoms with Crippen LogP contribution >= 0.6 is 15.9 Å². The molecule has 2 aliphatic rings. The van der Waals surface area contributed by atoms with E-state index >= 15 is 0 Å². The van der Waals surface area contributed by atoms with Gasteiger partial charge in [0.15, 0.2) is 4.67 Å². The Kier molecular flexibility index (Phi) is 4.50. The van der Waals surface area contributed by atoms with Crippen molar-refractivity contribution in [3.05, 3.63) is 22.6 Å². The van der Waals surface area contributed by atoms with E-state index in [1.807, 2.05) is 12.1 Å². The van der Waals surface area contributed by atoms with E-state index < -0.39 is 0 Å². The van der Waals surface area contributed by atoms with Crippen LogP contribution in [0.15, 0.2) is 21.2 Å². The molecule has 2 heterocycles. The highest BCUT2D eigenvalue weighted by Crippen LogP contribution is 2.44. The van der Waals surface area contributed by atoms with Gasteiger partial charge in [-0.3, -0.25) is 5.84 Å². The van der Waals surface area contributed by atoms with Crippen molar-refractivity contribution < 1.29 is 9.15 Å². The predicted octanol–water partition coefficient (Wildman–Crippen LogP) is 3.68. The maximum Gasteiger partial charge on any atom is 0.169 e. The molecule has 1 aliphatic heterocycles. The molecule has 0 bridgehead atoms. The zero-order chi connectivity index (χ0) is 14.0. The quantitative estimate of drug-likeness (QED) is 0.649. The largest absolute Gasteiger partial charge is 0.453 e. The second kappa shape index (κ2) is 6.18. The van der Waals surface area contributed by atoms with E-state index in [1.165, 1.54) is 32.1 Å². The maximum atomic E-state index is 6.16. The summed E-state index contributed by atoms with van der Waals surface area (Å²) in [6.07, 6.45) is 8.44. The van der Waals surface area contributed by atoms with E-state index in [0.717, 1.165) is 29.9 Å². The summed E-state index contributed by atoms with van der Waals surface area (Å²) in [5, 5.41) is 0. The number of hydrazine groups is 1. The molecule has 2 unspecified atom stereocenters. The molecule has 3 N–H and O–H groups in total. The molecule has 1 aromatic heterocycles. The lowest BCUT2D eigenvalue weighted by molar-refractivity contribution is -0.122.